The largest absolute Gasteiger partial charge is 0.369 e. The van der Waals surface area contributed by atoms with Crippen LogP contribution in [0, 0.1) is 0 Å². The Labute approximate surface area is 128 Å². The Kier molecular flexibility index (Phi) is 4.15. The van der Waals surface area contributed by atoms with E-state index >= 15 is 0 Å². The second-order valence-electron chi connectivity index (χ2n) is 4.94. The van der Waals surface area contributed by atoms with Gasteiger partial charge in [-0.1, -0.05) is 23.2 Å². The van der Waals surface area contributed by atoms with Crippen molar-refractivity contribution in [3.8, 4) is 0 Å². The van der Waals surface area contributed by atoms with E-state index in [1.165, 1.54) is 0 Å². The summed E-state index contributed by atoms with van der Waals surface area (Å²) >= 11 is 12.2. The van der Waals surface area contributed by atoms with Crippen molar-refractivity contribution in [3.05, 3.63) is 46.5 Å². The van der Waals surface area contributed by atoms with Gasteiger partial charge in [-0.2, -0.15) is 0 Å². The molecule has 0 unspecified atom stereocenters. The molecule has 1 atom stereocenters. The molecule has 1 aromatic heterocycles. The molecule has 2 N–H and O–H groups in total. The molecule has 4 nitrogen and oxygen atoms in total. The number of hydrogen-bond donors (Lipinski definition) is 2. The van der Waals surface area contributed by atoms with E-state index < -0.39 is 0 Å². The van der Waals surface area contributed by atoms with Crippen LogP contribution in [0.2, 0.25) is 10.0 Å². The van der Waals surface area contributed by atoms with Crippen molar-refractivity contribution < 1.29 is 0 Å². The van der Waals surface area contributed by atoms with Gasteiger partial charge in [0.25, 0.3) is 0 Å². The van der Waals surface area contributed by atoms with E-state index in [2.05, 4.69) is 20.2 Å². The minimum Gasteiger partial charge on any atom is -0.369 e. The molecule has 0 radical (unpaired) electrons. The van der Waals surface area contributed by atoms with Crippen LogP contribution in [-0.2, 0) is 6.54 Å². The third-order valence-corrected chi connectivity index (χ3v) is 4.09. The van der Waals surface area contributed by atoms with E-state index in [0.29, 0.717) is 16.1 Å². The molecule has 0 spiro atoms. The zero-order chi connectivity index (χ0) is 13.9. The summed E-state index contributed by atoms with van der Waals surface area (Å²) in [5.74, 6) is 0.966. The van der Waals surface area contributed by atoms with Gasteiger partial charge in [-0.15, -0.1) is 0 Å². The number of aromatic nitrogens is 2. The first-order chi connectivity index (χ1) is 9.72. The first-order valence-corrected chi connectivity index (χ1v) is 7.39. The van der Waals surface area contributed by atoms with E-state index in [9.17, 15) is 0 Å². The molecular formula is C14H16Cl2N4. The maximum atomic E-state index is 6.25. The van der Waals surface area contributed by atoms with Crippen LogP contribution < -0.4 is 10.2 Å². The van der Waals surface area contributed by atoms with Crippen LogP contribution in [0.15, 0.2) is 30.6 Å². The van der Waals surface area contributed by atoms with Gasteiger partial charge in [0.2, 0.25) is 0 Å². The lowest BCUT2D eigenvalue weighted by Crippen LogP contribution is -2.32. The molecule has 0 aliphatic carbocycles. The number of imidazole rings is 1. The van der Waals surface area contributed by atoms with Gasteiger partial charge < -0.3 is 15.2 Å². The Morgan fingerprint density at radius 2 is 2.30 bits per heavy atom. The Balaban J connectivity index is 1.59. The van der Waals surface area contributed by atoms with Gasteiger partial charge in [0, 0.05) is 36.5 Å². The standard InChI is InChI=1S/C14H16Cl2N4/c15-10-1-2-13(12(16)7-10)20-6-3-11(9-20)19-8-14-17-4-5-18-14/h1-2,4-5,7,11,19H,3,6,8-9H2,(H,17,18)/t11-/m1/s1. The summed E-state index contributed by atoms with van der Waals surface area (Å²) in [6.07, 6.45) is 4.70. The average Bonchev–Trinajstić information content (AvgIpc) is 3.07. The van der Waals surface area contributed by atoms with E-state index in [-0.39, 0.29) is 0 Å². The molecule has 1 aliphatic rings. The molecule has 2 aromatic rings. The lowest BCUT2D eigenvalue weighted by molar-refractivity contribution is 0.541. The highest BCUT2D eigenvalue weighted by Crippen LogP contribution is 2.31. The number of hydrogen-bond acceptors (Lipinski definition) is 3. The van der Waals surface area contributed by atoms with E-state index in [0.717, 1.165) is 37.6 Å². The molecule has 1 aromatic carbocycles. The van der Waals surface area contributed by atoms with Crippen LogP contribution in [0.4, 0.5) is 5.69 Å². The molecule has 0 amide bonds. The second kappa shape index (κ2) is 6.04. The number of nitrogens with zero attached hydrogens (tertiary/aromatic N) is 2. The third kappa shape index (κ3) is 3.08. The number of aromatic amines is 1. The highest BCUT2D eigenvalue weighted by molar-refractivity contribution is 6.36. The average molecular weight is 311 g/mol. The monoisotopic (exact) mass is 310 g/mol. The Bertz CT molecular complexity index is 571. The van der Waals surface area contributed by atoms with Crippen molar-refractivity contribution in [2.75, 3.05) is 18.0 Å². The minimum atomic E-state index is 0.451. The predicted molar refractivity (Wildman–Crippen MR) is 82.5 cm³/mol. The third-order valence-electron chi connectivity index (χ3n) is 3.55. The van der Waals surface area contributed by atoms with Crippen LogP contribution in [0.25, 0.3) is 0 Å². The van der Waals surface area contributed by atoms with Gasteiger partial charge >= 0.3 is 0 Å². The molecule has 6 heteroatoms. The minimum absolute atomic E-state index is 0.451. The van der Waals surface area contributed by atoms with E-state index in [1.807, 2.05) is 18.3 Å². The smallest absolute Gasteiger partial charge is 0.120 e. The fourth-order valence-electron chi connectivity index (χ4n) is 2.52. The van der Waals surface area contributed by atoms with Crippen LogP contribution in [0.5, 0.6) is 0 Å². The highest BCUT2D eigenvalue weighted by atomic mass is 35.5. The summed E-state index contributed by atoms with van der Waals surface area (Å²) in [6.45, 7) is 2.71. The topological polar surface area (TPSA) is 44.0 Å². The van der Waals surface area contributed by atoms with Crippen LogP contribution in [-0.4, -0.2) is 29.1 Å². The van der Waals surface area contributed by atoms with E-state index in [1.54, 1.807) is 12.3 Å². The second-order valence-corrected chi connectivity index (χ2v) is 5.79. The number of anilines is 1. The van der Waals surface area contributed by atoms with Gasteiger partial charge in [0.15, 0.2) is 0 Å². The Hall–Kier alpha value is -1.23. The molecule has 1 aliphatic heterocycles. The fourth-order valence-corrected chi connectivity index (χ4v) is 3.05. The molecule has 106 valence electrons. The zero-order valence-corrected chi connectivity index (χ0v) is 12.5. The molecule has 1 saturated heterocycles. The number of rotatable bonds is 4. The van der Waals surface area contributed by atoms with Gasteiger partial charge in [-0.3, -0.25) is 0 Å². The number of benzene rings is 1. The van der Waals surface area contributed by atoms with Gasteiger partial charge in [0.05, 0.1) is 17.3 Å². The highest BCUT2D eigenvalue weighted by Gasteiger charge is 2.23. The predicted octanol–water partition coefficient (Wildman–Crippen LogP) is 3.09. The first-order valence-electron chi connectivity index (χ1n) is 6.64. The van der Waals surface area contributed by atoms with Gasteiger partial charge in [-0.05, 0) is 24.6 Å². The zero-order valence-electron chi connectivity index (χ0n) is 10.9. The van der Waals surface area contributed by atoms with Crippen LogP contribution >= 0.6 is 23.2 Å². The summed E-state index contributed by atoms with van der Waals surface area (Å²) < 4.78 is 0. The number of H-pyrrole nitrogens is 1. The maximum Gasteiger partial charge on any atom is 0.120 e. The van der Waals surface area contributed by atoms with Crippen molar-refractivity contribution in [1.82, 2.24) is 15.3 Å². The summed E-state index contributed by atoms with van der Waals surface area (Å²) in [7, 11) is 0. The fraction of sp³-hybridized carbons (Fsp3) is 0.357. The van der Waals surface area contributed by atoms with Crippen LogP contribution in [0.3, 0.4) is 0 Å². The molecule has 1 fully saturated rings. The van der Waals surface area contributed by atoms with E-state index in [4.69, 9.17) is 23.2 Å². The SMILES string of the molecule is Clc1ccc(N2CC[C@@H](NCc3ncc[nH]3)C2)c(Cl)c1. The summed E-state index contributed by atoms with van der Waals surface area (Å²) in [6, 6.07) is 6.11. The van der Waals surface area contributed by atoms with Crippen molar-refractivity contribution in [2.24, 2.45) is 0 Å². The molecular weight excluding hydrogens is 295 g/mol. The molecule has 2 heterocycles. The Morgan fingerprint density at radius 1 is 1.40 bits per heavy atom. The molecule has 0 saturated carbocycles. The molecule has 20 heavy (non-hydrogen) atoms. The van der Waals surface area contributed by atoms with Crippen molar-refractivity contribution >= 4 is 28.9 Å². The van der Waals surface area contributed by atoms with Crippen molar-refractivity contribution in [2.45, 2.75) is 19.0 Å². The normalized spacial score (nSPS) is 18.7. The summed E-state index contributed by atoms with van der Waals surface area (Å²) in [4.78, 5) is 9.60. The lowest BCUT2D eigenvalue weighted by Gasteiger charge is -2.20. The maximum absolute atomic E-state index is 6.25. The lowest BCUT2D eigenvalue weighted by atomic mass is 10.2. The quantitative estimate of drug-likeness (QED) is 0.912. The first kappa shape index (κ1) is 13.7. The molecule has 0 bridgehead atoms. The molecule has 3 rings (SSSR count). The van der Waals surface area contributed by atoms with Gasteiger partial charge in [0.1, 0.15) is 5.82 Å². The van der Waals surface area contributed by atoms with Gasteiger partial charge in [-0.25, -0.2) is 4.98 Å². The van der Waals surface area contributed by atoms with Crippen molar-refractivity contribution in [3.63, 3.8) is 0 Å². The number of halogens is 2. The summed E-state index contributed by atoms with van der Waals surface area (Å²) in [5.41, 5.74) is 1.05. The van der Waals surface area contributed by atoms with Crippen LogP contribution in [0.1, 0.15) is 12.2 Å². The van der Waals surface area contributed by atoms with Crippen molar-refractivity contribution in [1.29, 1.82) is 0 Å². The number of nitrogens with one attached hydrogen (secondary N) is 2. The summed E-state index contributed by atoms with van der Waals surface area (Å²) in [5, 5.41) is 4.89. The Morgan fingerprint density at radius 3 is 3.05 bits per heavy atom.